The summed E-state index contributed by atoms with van der Waals surface area (Å²) in [5.74, 6) is -0.867. The van der Waals surface area contributed by atoms with Gasteiger partial charge in [0.15, 0.2) is 6.61 Å². The number of benzene rings is 2. The van der Waals surface area contributed by atoms with Crippen molar-refractivity contribution in [2.24, 2.45) is 5.10 Å². The number of amides is 1. The van der Waals surface area contributed by atoms with Crippen molar-refractivity contribution in [3.05, 3.63) is 90.4 Å². The Labute approximate surface area is 177 Å². The van der Waals surface area contributed by atoms with Gasteiger partial charge in [0, 0.05) is 23.5 Å². The Bertz CT molecular complexity index is 1260. The number of hydrogen-bond donors (Lipinski definition) is 2. The van der Waals surface area contributed by atoms with Crippen LogP contribution in [0, 0.1) is 0 Å². The van der Waals surface area contributed by atoms with Gasteiger partial charge in [-0.3, -0.25) is 9.78 Å². The normalized spacial score (nSPS) is 11.0. The zero-order valence-electron chi connectivity index (χ0n) is 16.3. The smallest absolute Gasteiger partial charge is 0.335 e. The van der Waals surface area contributed by atoms with Crippen molar-refractivity contribution < 1.29 is 19.4 Å². The number of nitrogens with zero attached hydrogens (tertiary/aromatic N) is 3. The molecule has 0 aliphatic carbocycles. The Morgan fingerprint density at radius 3 is 2.68 bits per heavy atom. The van der Waals surface area contributed by atoms with Crippen LogP contribution in [0.25, 0.3) is 16.6 Å². The molecule has 0 aliphatic heterocycles. The van der Waals surface area contributed by atoms with Gasteiger partial charge in [-0.2, -0.15) is 5.10 Å². The number of carboxylic acids is 1. The molecule has 0 bridgehead atoms. The number of rotatable bonds is 7. The molecule has 0 unspecified atom stereocenters. The molecular weight excluding hydrogens is 396 g/mol. The molecule has 4 aromatic rings. The van der Waals surface area contributed by atoms with Crippen molar-refractivity contribution in [1.82, 2.24) is 15.0 Å². The predicted octanol–water partition coefficient (Wildman–Crippen LogP) is 3.25. The van der Waals surface area contributed by atoms with Crippen LogP contribution >= 0.6 is 0 Å². The Hall–Kier alpha value is -4.46. The molecule has 0 fully saturated rings. The van der Waals surface area contributed by atoms with Crippen LogP contribution in [0.1, 0.15) is 16.1 Å². The van der Waals surface area contributed by atoms with E-state index in [0.29, 0.717) is 17.0 Å². The van der Waals surface area contributed by atoms with Crippen LogP contribution in [0.3, 0.4) is 0 Å². The molecule has 4 rings (SSSR count). The summed E-state index contributed by atoms with van der Waals surface area (Å²) in [6.07, 6.45) is 4.99. The molecule has 154 valence electrons. The molecule has 2 aromatic heterocycles. The minimum atomic E-state index is -0.981. The first kappa shape index (κ1) is 19.8. The molecule has 0 aliphatic rings. The van der Waals surface area contributed by atoms with E-state index in [1.165, 1.54) is 18.3 Å². The van der Waals surface area contributed by atoms with Crippen LogP contribution in [-0.4, -0.2) is 39.4 Å². The average Bonchev–Trinajstić information content (AvgIpc) is 3.26. The minimum absolute atomic E-state index is 0.204. The summed E-state index contributed by atoms with van der Waals surface area (Å²) in [7, 11) is 0. The number of hydrogen-bond acceptors (Lipinski definition) is 5. The first-order chi connectivity index (χ1) is 15.1. The lowest BCUT2D eigenvalue weighted by molar-refractivity contribution is -0.123. The molecule has 2 N–H and O–H groups in total. The Kier molecular flexibility index (Phi) is 5.70. The number of carbonyl (C=O) groups is 2. The Morgan fingerprint density at radius 1 is 1.06 bits per heavy atom. The lowest BCUT2D eigenvalue weighted by Gasteiger charge is -2.08. The lowest BCUT2D eigenvalue weighted by Crippen LogP contribution is -2.24. The maximum Gasteiger partial charge on any atom is 0.335 e. The van der Waals surface area contributed by atoms with Gasteiger partial charge >= 0.3 is 5.97 Å². The van der Waals surface area contributed by atoms with Gasteiger partial charge < -0.3 is 14.4 Å². The molecule has 2 heterocycles. The number of aromatic carboxylic acids is 1. The molecule has 0 saturated heterocycles. The number of para-hydroxylation sites is 1. The van der Waals surface area contributed by atoms with E-state index >= 15 is 0 Å². The number of carboxylic acid groups (broad SMARTS) is 1. The monoisotopic (exact) mass is 414 g/mol. The summed E-state index contributed by atoms with van der Waals surface area (Å²) < 4.78 is 7.41. The number of pyridine rings is 1. The highest BCUT2D eigenvalue weighted by atomic mass is 16.5. The lowest BCUT2D eigenvalue weighted by atomic mass is 10.2. The van der Waals surface area contributed by atoms with Crippen molar-refractivity contribution in [3.63, 3.8) is 0 Å². The summed E-state index contributed by atoms with van der Waals surface area (Å²) in [6.45, 7) is -0.204. The molecule has 2 aromatic carbocycles. The van der Waals surface area contributed by atoms with Crippen LogP contribution in [0.15, 0.2) is 84.2 Å². The molecule has 1 amide bonds. The molecule has 31 heavy (non-hydrogen) atoms. The summed E-state index contributed by atoms with van der Waals surface area (Å²) in [4.78, 5) is 27.4. The summed E-state index contributed by atoms with van der Waals surface area (Å²) in [5.41, 5.74) is 4.82. The topological polar surface area (TPSA) is 106 Å². The van der Waals surface area contributed by atoms with E-state index in [4.69, 9.17) is 9.84 Å². The minimum Gasteiger partial charge on any atom is -0.481 e. The fraction of sp³-hybridized carbons (Fsp3) is 0.0435. The van der Waals surface area contributed by atoms with Crippen molar-refractivity contribution in [1.29, 1.82) is 0 Å². The van der Waals surface area contributed by atoms with Crippen LogP contribution in [-0.2, 0) is 4.79 Å². The fourth-order valence-corrected chi connectivity index (χ4v) is 3.04. The van der Waals surface area contributed by atoms with E-state index in [-0.39, 0.29) is 12.2 Å². The first-order valence-corrected chi connectivity index (χ1v) is 9.41. The van der Waals surface area contributed by atoms with Crippen LogP contribution in [0.2, 0.25) is 0 Å². The Balaban J connectivity index is 1.37. The molecular formula is C23H18N4O4. The van der Waals surface area contributed by atoms with Crippen molar-refractivity contribution in [2.75, 3.05) is 6.61 Å². The number of fused-ring (bicyclic) bond motifs is 1. The molecule has 8 nitrogen and oxygen atoms in total. The van der Waals surface area contributed by atoms with Crippen molar-refractivity contribution >= 4 is 29.0 Å². The predicted molar refractivity (Wildman–Crippen MR) is 116 cm³/mol. The van der Waals surface area contributed by atoms with Gasteiger partial charge in [-0.05, 0) is 48.5 Å². The van der Waals surface area contributed by atoms with E-state index in [0.717, 1.165) is 11.1 Å². The van der Waals surface area contributed by atoms with Crippen LogP contribution < -0.4 is 10.2 Å². The SMILES string of the molecule is O=C(COc1cccc2cccnc12)N/N=C/c1cccn1-c1ccc(C(=O)O)cc1. The summed E-state index contributed by atoms with van der Waals surface area (Å²) in [6, 6.07) is 19.4. The first-order valence-electron chi connectivity index (χ1n) is 9.41. The number of ether oxygens (including phenoxy) is 1. The van der Waals surface area contributed by atoms with Gasteiger partial charge in [0.2, 0.25) is 0 Å². The fourth-order valence-electron chi connectivity index (χ4n) is 3.04. The second kappa shape index (κ2) is 8.91. The van der Waals surface area contributed by atoms with Crippen LogP contribution in [0.5, 0.6) is 5.75 Å². The standard InChI is InChI=1S/C23H18N4O4/c28-21(15-31-20-7-1-4-16-5-2-12-24-22(16)20)26-25-14-19-6-3-13-27(19)18-10-8-17(9-11-18)23(29)30/h1-14H,15H2,(H,26,28)(H,29,30)/b25-14+. The Morgan fingerprint density at radius 2 is 1.87 bits per heavy atom. The highest BCUT2D eigenvalue weighted by Crippen LogP contribution is 2.22. The number of carbonyl (C=O) groups excluding carboxylic acids is 1. The number of aromatic nitrogens is 2. The highest BCUT2D eigenvalue weighted by molar-refractivity contribution is 5.88. The highest BCUT2D eigenvalue weighted by Gasteiger charge is 2.07. The number of nitrogens with one attached hydrogen (secondary N) is 1. The summed E-state index contributed by atoms with van der Waals surface area (Å²) in [5, 5.41) is 13.9. The van der Waals surface area contributed by atoms with E-state index in [9.17, 15) is 9.59 Å². The van der Waals surface area contributed by atoms with E-state index in [2.05, 4.69) is 15.5 Å². The van der Waals surface area contributed by atoms with Gasteiger partial charge in [-0.1, -0.05) is 18.2 Å². The molecule has 0 atom stereocenters. The van der Waals surface area contributed by atoms with Gasteiger partial charge in [0.1, 0.15) is 11.3 Å². The third-order valence-electron chi connectivity index (χ3n) is 4.51. The molecule has 0 radical (unpaired) electrons. The maximum absolute atomic E-state index is 12.1. The summed E-state index contributed by atoms with van der Waals surface area (Å²) >= 11 is 0. The zero-order chi connectivity index (χ0) is 21.6. The quantitative estimate of drug-likeness (QED) is 0.357. The third kappa shape index (κ3) is 4.59. The van der Waals surface area contributed by atoms with Gasteiger partial charge in [-0.15, -0.1) is 0 Å². The van der Waals surface area contributed by atoms with Crippen molar-refractivity contribution in [3.8, 4) is 11.4 Å². The van der Waals surface area contributed by atoms with Gasteiger partial charge in [0.25, 0.3) is 5.91 Å². The maximum atomic E-state index is 12.1. The van der Waals surface area contributed by atoms with Gasteiger partial charge in [0.05, 0.1) is 17.5 Å². The second-order valence-corrected chi connectivity index (χ2v) is 6.57. The number of hydrazone groups is 1. The molecule has 0 saturated carbocycles. The molecule has 0 spiro atoms. The van der Waals surface area contributed by atoms with Crippen LogP contribution in [0.4, 0.5) is 0 Å². The average molecular weight is 414 g/mol. The van der Waals surface area contributed by atoms with Crippen molar-refractivity contribution in [2.45, 2.75) is 0 Å². The zero-order valence-corrected chi connectivity index (χ0v) is 16.3. The third-order valence-corrected chi connectivity index (χ3v) is 4.51. The van der Waals surface area contributed by atoms with Gasteiger partial charge in [-0.25, -0.2) is 10.2 Å². The van der Waals surface area contributed by atoms with E-state index < -0.39 is 11.9 Å². The van der Waals surface area contributed by atoms with E-state index in [1.54, 1.807) is 24.4 Å². The van der Waals surface area contributed by atoms with E-state index in [1.807, 2.05) is 47.2 Å². The molecule has 8 heteroatoms. The second-order valence-electron chi connectivity index (χ2n) is 6.57. The largest absolute Gasteiger partial charge is 0.481 e.